The first-order valence-corrected chi connectivity index (χ1v) is 7.75. The molecule has 2 aromatic carbocycles. The number of fused-ring (bicyclic) bond motifs is 1. The highest BCUT2D eigenvalue weighted by Gasteiger charge is 2.02. The number of aliphatic imine (C=N–C) groups is 1. The molecule has 5 heteroatoms. The molecule has 124 valence electrons. The Labute approximate surface area is 159 Å². The van der Waals surface area contributed by atoms with Gasteiger partial charge in [-0.3, -0.25) is 4.98 Å². The Morgan fingerprint density at radius 3 is 2.58 bits per heavy atom. The van der Waals surface area contributed by atoms with Crippen molar-refractivity contribution in [3.05, 3.63) is 72.1 Å². The summed E-state index contributed by atoms with van der Waals surface area (Å²) >= 11 is 0. The van der Waals surface area contributed by atoms with E-state index in [0.29, 0.717) is 12.5 Å². The number of aryl methyl sites for hydroxylation is 1. The lowest BCUT2D eigenvalue weighted by molar-refractivity contribution is 1.00. The van der Waals surface area contributed by atoms with E-state index in [2.05, 4.69) is 46.5 Å². The number of rotatable bonds is 4. The minimum absolute atomic E-state index is 0. The van der Waals surface area contributed by atoms with Crippen LogP contribution in [0.25, 0.3) is 10.8 Å². The lowest BCUT2D eigenvalue weighted by Gasteiger charge is -2.07. The van der Waals surface area contributed by atoms with Crippen molar-refractivity contribution in [2.24, 2.45) is 10.7 Å². The lowest BCUT2D eigenvalue weighted by Crippen LogP contribution is -2.22. The number of nitrogens with one attached hydrogen (secondary N) is 1. The maximum atomic E-state index is 5.98. The number of guanidine groups is 1. The third-order valence-electron chi connectivity index (χ3n) is 3.79. The molecule has 0 unspecified atom stereocenters. The molecular formula is C19H21IN4. The number of halogens is 1. The van der Waals surface area contributed by atoms with Crippen LogP contribution in [0.4, 0.5) is 5.69 Å². The van der Waals surface area contributed by atoms with Gasteiger partial charge in [0, 0.05) is 17.3 Å². The van der Waals surface area contributed by atoms with E-state index in [1.54, 1.807) is 6.20 Å². The van der Waals surface area contributed by atoms with Crippen LogP contribution in [-0.2, 0) is 13.0 Å². The van der Waals surface area contributed by atoms with Crippen LogP contribution in [0.5, 0.6) is 0 Å². The number of hydrogen-bond acceptors (Lipinski definition) is 2. The van der Waals surface area contributed by atoms with Gasteiger partial charge >= 0.3 is 0 Å². The zero-order valence-corrected chi connectivity index (χ0v) is 15.9. The zero-order valence-electron chi connectivity index (χ0n) is 13.6. The molecule has 0 fully saturated rings. The van der Waals surface area contributed by atoms with Crippen molar-refractivity contribution in [1.29, 1.82) is 0 Å². The minimum Gasteiger partial charge on any atom is -0.370 e. The largest absolute Gasteiger partial charge is 0.370 e. The molecule has 0 bridgehead atoms. The lowest BCUT2D eigenvalue weighted by atomic mass is 10.1. The van der Waals surface area contributed by atoms with Crippen molar-refractivity contribution in [2.75, 3.05) is 5.32 Å². The number of nitrogens with zero attached hydrogens (tertiary/aromatic N) is 2. The molecule has 0 aliphatic rings. The van der Waals surface area contributed by atoms with Gasteiger partial charge < -0.3 is 11.1 Å². The molecule has 0 aliphatic carbocycles. The van der Waals surface area contributed by atoms with E-state index in [4.69, 9.17) is 5.73 Å². The first kappa shape index (κ1) is 18.2. The van der Waals surface area contributed by atoms with Gasteiger partial charge in [-0.25, -0.2) is 4.99 Å². The summed E-state index contributed by atoms with van der Waals surface area (Å²) in [6.45, 7) is 2.59. The molecule has 0 radical (unpaired) electrons. The summed E-state index contributed by atoms with van der Waals surface area (Å²) in [4.78, 5) is 8.82. The summed E-state index contributed by atoms with van der Waals surface area (Å²) in [5.74, 6) is 0.393. The van der Waals surface area contributed by atoms with Gasteiger partial charge in [-0.1, -0.05) is 43.3 Å². The molecule has 0 spiro atoms. The summed E-state index contributed by atoms with van der Waals surface area (Å²) in [6.07, 6.45) is 2.83. The summed E-state index contributed by atoms with van der Waals surface area (Å²) in [6, 6.07) is 18.3. The molecule has 0 saturated heterocycles. The Morgan fingerprint density at radius 1 is 1.08 bits per heavy atom. The number of nitrogens with two attached hydrogens (primary N) is 1. The smallest absolute Gasteiger partial charge is 0.193 e. The number of aromatic nitrogens is 1. The molecule has 4 nitrogen and oxygen atoms in total. The standard InChI is InChI=1S/C19H20N4.HI/c1-2-14-7-9-16(10-8-14)23-19(20)22-13-18-17-6-4-3-5-15(17)11-12-21-18;/h3-12H,2,13H2,1H3,(H3,20,22,23);1H. The molecule has 0 atom stereocenters. The Kier molecular flexibility index (Phi) is 6.54. The van der Waals surface area contributed by atoms with Crippen molar-refractivity contribution in [3.63, 3.8) is 0 Å². The van der Waals surface area contributed by atoms with Gasteiger partial charge in [0.1, 0.15) is 0 Å². The fourth-order valence-electron chi connectivity index (χ4n) is 2.48. The predicted molar refractivity (Wildman–Crippen MR) is 112 cm³/mol. The van der Waals surface area contributed by atoms with E-state index in [1.165, 1.54) is 5.56 Å². The van der Waals surface area contributed by atoms with E-state index >= 15 is 0 Å². The monoisotopic (exact) mass is 432 g/mol. The van der Waals surface area contributed by atoms with Gasteiger partial charge in [0.15, 0.2) is 5.96 Å². The van der Waals surface area contributed by atoms with E-state index in [0.717, 1.165) is 28.6 Å². The third kappa shape index (κ3) is 4.44. The van der Waals surface area contributed by atoms with Crippen LogP contribution in [0.1, 0.15) is 18.2 Å². The van der Waals surface area contributed by atoms with Crippen molar-refractivity contribution in [1.82, 2.24) is 4.98 Å². The van der Waals surface area contributed by atoms with Crippen molar-refractivity contribution in [2.45, 2.75) is 19.9 Å². The molecule has 0 amide bonds. The van der Waals surface area contributed by atoms with E-state index in [1.807, 2.05) is 30.3 Å². The van der Waals surface area contributed by atoms with Crippen LogP contribution < -0.4 is 11.1 Å². The van der Waals surface area contributed by atoms with Crippen molar-refractivity contribution < 1.29 is 0 Å². The number of hydrogen-bond donors (Lipinski definition) is 2. The third-order valence-corrected chi connectivity index (χ3v) is 3.79. The zero-order chi connectivity index (χ0) is 16.1. The van der Waals surface area contributed by atoms with Crippen LogP contribution >= 0.6 is 24.0 Å². The maximum absolute atomic E-state index is 5.98. The highest BCUT2D eigenvalue weighted by atomic mass is 127. The van der Waals surface area contributed by atoms with Gasteiger partial charge in [0.25, 0.3) is 0 Å². The molecule has 3 N–H and O–H groups in total. The maximum Gasteiger partial charge on any atom is 0.193 e. The first-order valence-electron chi connectivity index (χ1n) is 7.75. The quantitative estimate of drug-likeness (QED) is 0.366. The highest BCUT2D eigenvalue weighted by Crippen LogP contribution is 2.17. The second kappa shape index (κ2) is 8.63. The molecule has 3 rings (SSSR count). The van der Waals surface area contributed by atoms with Crippen LogP contribution in [0.2, 0.25) is 0 Å². The number of pyridine rings is 1. The predicted octanol–water partition coefficient (Wildman–Crippen LogP) is 4.34. The summed E-state index contributed by atoms with van der Waals surface area (Å²) in [7, 11) is 0. The Hall–Kier alpha value is -2.15. The van der Waals surface area contributed by atoms with Crippen LogP contribution in [0, 0.1) is 0 Å². The summed E-state index contributed by atoms with van der Waals surface area (Å²) < 4.78 is 0. The first-order chi connectivity index (χ1) is 11.3. The van der Waals surface area contributed by atoms with Crippen LogP contribution in [0.15, 0.2) is 65.8 Å². The van der Waals surface area contributed by atoms with Crippen LogP contribution in [0.3, 0.4) is 0 Å². The highest BCUT2D eigenvalue weighted by molar-refractivity contribution is 14.0. The average molecular weight is 432 g/mol. The molecule has 1 aromatic heterocycles. The van der Waals surface area contributed by atoms with Crippen LogP contribution in [-0.4, -0.2) is 10.9 Å². The summed E-state index contributed by atoms with van der Waals surface area (Å²) in [5.41, 5.74) is 9.14. The Morgan fingerprint density at radius 2 is 1.83 bits per heavy atom. The van der Waals surface area contributed by atoms with Crippen molar-refractivity contribution >= 4 is 46.4 Å². The molecule has 1 heterocycles. The molecular weight excluding hydrogens is 411 g/mol. The molecule has 0 aliphatic heterocycles. The normalized spacial score (nSPS) is 11.1. The fourth-order valence-corrected chi connectivity index (χ4v) is 2.48. The van der Waals surface area contributed by atoms with Gasteiger partial charge in [0.2, 0.25) is 0 Å². The van der Waals surface area contributed by atoms with E-state index in [-0.39, 0.29) is 24.0 Å². The average Bonchev–Trinajstić information content (AvgIpc) is 2.60. The van der Waals surface area contributed by atoms with E-state index < -0.39 is 0 Å². The summed E-state index contributed by atoms with van der Waals surface area (Å²) in [5, 5.41) is 5.38. The second-order valence-corrected chi connectivity index (χ2v) is 5.36. The van der Waals surface area contributed by atoms with Gasteiger partial charge in [-0.2, -0.15) is 0 Å². The van der Waals surface area contributed by atoms with Gasteiger partial charge in [-0.15, -0.1) is 24.0 Å². The van der Waals surface area contributed by atoms with Crippen molar-refractivity contribution in [3.8, 4) is 0 Å². The Balaban J connectivity index is 0.00000208. The fraction of sp³-hybridized carbons (Fsp3) is 0.158. The SMILES string of the molecule is CCc1ccc(NC(N)=NCc2nccc3ccccc23)cc1.I. The van der Waals surface area contributed by atoms with E-state index in [9.17, 15) is 0 Å². The minimum atomic E-state index is 0. The number of anilines is 1. The number of benzene rings is 2. The Bertz CT molecular complexity index is 823. The van der Waals surface area contributed by atoms with Gasteiger partial charge in [-0.05, 0) is 35.6 Å². The molecule has 24 heavy (non-hydrogen) atoms. The van der Waals surface area contributed by atoms with Gasteiger partial charge in [0.05, 0.1) is 12.2 Å². The second-order valence-electron chi connectivity index (χ2n) is 5.36. The topological polar surface area (TPSA) is 63.3 Å². The molecule has 3 aromatic rings. The molecule has 0 saturated carbocycles.